The van der Waals surface area contributed by atoms with Gasteiger partial charge in [-0.25, -0.2) is 0 Å². The third-order valence-corrected chi connectivity index (χ3v) is 3.07. The number of nitrogens with zero attached hydrogens (tertiary/aromatic N) is 1. The molecule has 0 aromatic rings. The second-order valence-corrected chi connectivity index (χ2v) is 4.62. The van der Waals surface area contributed by atoms with Gasteiger partial charge in [-0.3, -0.25) is 4.99 Å². The molecule has 1 atom stereocenters. The summed E-state index contributed by atoms with van der Waals surface area (Å²) in [5, 5.41) is 10.9. The monoisotopic (exact) mass is 247 g/mol. The van der Waals surface area contributed by atoms with Gasteiger partial charge in [0.1, 0.15) is 0 Å². The maximum Gasteiger partial charge on any atom is 0.0424 e. The molecule has 0 saturated heterocycles. The van der Waals surface area contributed by atoms with Crippen LogP contribution in [0, 0.1) is 11.3 Å². The molecule has 2 N–H and O–H groups in total. The molecule has 18 heavy (non-hydrogen) atoms. The molecular formula is C15H25N3. The first-order valence-corrected chi connectivity index (χ1v) is 6.93. The first-order valence-electron chi connectivity index (χ1n) is 6.93. The Kier molecular flexibility index (Phi) is 7.07. The molecule has 1 aliphatic rings. The van der Waals surface area contributed by atoms with Crippen molar-refractivity contribution in [2.75, 3.05) is 13.1 Å². The quantitative estimate of drug-likeness (QED) is 0.635. The number of nitrogens with one attached hydrogen (secondary N) is 2. The summed E-state index contributed by atoms with van der Waals surface area (Å²) in [6, 6.07) is 0. The zero-order valence-corrected chi connectivity index (χ0v) is 11.6. The molecule has 0 saturated carbocycles. The number of hydrogen-bond acceptors (Lipinski definition) is 3. The summed E-state index contributed by atoms with van der Waals surface area (Å²) in [6.07, 6.45) is 12.0. The lowest BCUT2D eigenvalue weighted by molar-refractivity contribution is 0.738. The summed E-state index contributed by atoms with van der Waals surface area (Å²) in [6.45, 7) is 6.14. The molecule has 0 spiro atoms. The standard InChI is InChI=1S/C15H25N3/c1-3-6-13(11-17-4-2)9-15(10-16)14-7-5-8-18-12-14/h7,10-12,15-17H,3-6,8-9H2,1-2H3/b13-11+,16-10?. The van der Waals surface area contributed by atoms with Crippen molar-refractivity contribution in [2.45, 2.75) is 39.5 Å². The smallest absolute Gasteiger partial charge is 0.0424 e. The Hall–Kier alpha value is -1.38. The number of dihydropyridines is 1. The largest absolute Gasteiger partial charge is 0.391 e. The number of hydrogen-bond donors (Lipinski definition) is 2. The molecule has 0 aromatic heterocycles. The summed E-state index contributed by atoms with van der Waals surface area (Å²) in [5.41, 5.74) is 2.60. The van der Waals surface area contributed by atoms with E-state index in [1.807, 2.05) is 6.21 Å². The van der Waals surface area contributed by atoms with Gasteiger partial charge in [-0.15, -0.1) is 0 Å². The second kappa shape index (κ2) is 8.67. The van der Waals surface area contributed by atoms with E-state index in [9.17, 15) is 0 Å². The average Bonchev–Trinajstić information content (AvgIpc) is 2.43. The summed E-state index contributed by atoms with van der Waals surface area (Å²) in [5.74, 6) is 0.186. The molecule has 1 aliphatic heterocycles. The van der Waals surface area contributed by atoms with E-state index in [0.29, 0.717) is 0 Å². The van der Waals surface area contributed by atoms with Crippen molar-refractivity contribution in [3.63, 3.8) is 0 Å². The van der Waals surface area contributed by atoms with E-state index in [-0.39, 0.29) is 5.92 Å². The third-order valence-electron chi connectivity index (χ3n) is 3.07. The molecule has 0 aliphatic carbocycles. The van der Waals surface area contributed by atoms with Crippen LogP contribution >= 0.6 is 0 Å². The lowest BCUT2D eigenvalue weighted by Crippen LogP contribution is -2.12. The summed E-state index contributed by atoms with van der Waals surface area (Å²) in [7, 11) is 0. The molecule has 100 valence electrons. The first kappa shape index (κ1) is 14.7. The van der Waals surface area contributed by atoms with E-state index in [1.165, 1.54) is 11.1 Å². The van der Waals surface area contributed by atoms with Crippen LogP contribution in [0.1, 0.15) is 39.5 Å². The van der Waals surface area contributed by atoms with E-state index >= 15 is 0 Å². The van der Waals surface area contributed by atoms with Crippen LogP contribution in [0.15, 0.2) is 28.4 Å². The highest BCUT2D eigenvalue weighted by Crippen LogP contribution is 2.22. The van der Waals surface area contributed by atoms with E-state index < -0.39 is 0 Å². The first-order chi connectivity index (χ1) is 8.81. The maximum atomic E-state index is 7.62. The fraction of sp³-hybridized carbons (Fsp3) is 0.600. The van der Waals surface area contributed by atoms with E-state index in [1.54, 1.807) is 6.21 Å². The highest BCUT2D eigenvalue weighted by atomic mass is 14.8. The van der Waals surface area contributed by atoms with Crippen LogP contribution < -0.4 is 5.32 Å². The zero-order valence-electron chi connectivity index (χ0n) is 11.6. The van der Waals surface area contributed by atoms with Crippen LogP contribution in [-0.4, -0.2) is 25.5 Å². The molecule has 0 bridgehead atoms. The zero-order chi connectivity index (χ0) is 13.2. The minimum absolute atomic E-state index is 0.186. The van der Waals surface area contributed by atoms with Crippen LogP contribution in [0.3, 0.4) is 0 Å². The molecule has 0 fully saturated rings. The predicted molar refractivity (Wildman–Crippen MR) is 79.6 cm³/mol. The molecule has 1 unspecified atom stereocenters. The van der Waals surface area contributed by atoms with Gasteiger partial charge in [0.2, 0.25) is 0 Å². The van der Waals surface area contributed by atoms with Gasteiger partial charge in [0.15, 0.2) is 0 Å². The van der Waals surface area contributed by atoms with Gasteiger partial charge in [0.05, 0.1) is 0 Å². The van der Waals surface area contributed by atoms with Gasteiger partial charge in [0.25, 0.3) is 0 Å². The van der Waals surface area contributed by atoms with Gasteiger partial charge >= 0.3 is 0 Å². The van der Waals surface area contributed by atoms with E-state index in [4.69, 9.17) is 5.41 Å². The molecular weight excluding hydrogens is 222 g/mol. The van der Waals surface area contributed by atoms with Crippen molar-refractivity contribution >= 4 is 12.4 Å². The second-order valence-electron chi connectivity index (χ2n) is 4.62. The molecule has 1 heterocycles. The highest BCUT2D eigenvalue weighted by Gasteiger charge is 2.13. The van der Waals surface area contributed by atoms with Gasteiger partial charge < -0.3 is 10.7 Å². The van der Waals surface area contributed by atoms with Crippen molar-refractivity contribution < 1.29 is 0 Å². The molecule has 0 aromatic carbocycles. The van der Waals surface area contributed by atoms with Crippen molar-refractivity contribution in [1.82, 2.24) is 5.32 Å². The number of aliphatic imine (C=N–C) groups is 1. The van der Waals surface area contributed by atoms with E-state index in [0.717, 1.165) is 38.8 Å². The van der Waals surface area contributed by atoms with Crippen molar-refractivity contribution in [3.8, 4) is 0 Å². The van der Waals surface area contributed by atoms with Gasteiger partial charge in [0, 0.05) is 31.4 Å². The van der Waals surface area contributed by atoms with Crippen molar-refractivity contribution in [3.05, 3.63) is 23.4 Å². The summed E-state index contributed by atoms with van der Waals surface area (Å²) in [4.78, 5) is 4.31. The fourth-order valence-electron chi connectivity index (χ4n) is 2.13. The van der Waals surface area contributed by atoms with Gasteiger partial charge in [-0.2, -0.15) is 0 Å². The summed E-state index contributed by atoms with van der Waals surface area (Å²) < 4.78 is 0. The molecule has 0 radical (unpaired) electrons. The Labute approximate surface area is 111 Å². The Bertz CT molecular complexity index is 340. The molecule has 3 heteroatoms. The van der Waals surface area contributed by atoms with Crippen LogP contribution in [0.25, 0.3) is 0 Å². The molecule has 1 rings (SSSR count). The number of rotatable bonds is 8. The van der Waals surface area contributed by atoms with Gasteiger partial charge in [-0.1, -0.05) is 25.0 Å². The van der Waals surface area contributed by atoms with E-state index in [2.05, 4.69) is 36.4 Å². The Morgan fingerprint density at radius 1 is 1.56 bits per heavy atom. The summed E-state index contributed by atoms with van der Waals surface area (Å²) >= 11 is 0. The Balaban J connectivity index is 2.66. The Morgan fingerprint density at radius 2 is 2.39 bits per heavy atom. The topological polar surface area (TPSA) is 48.2 Å². The van der Waals surface area contributed by atoms with Crippen LogP contribution in [0.5, 0.6) is 0 Å². The predicted octanol–water partition coefficient (Wildman–Crippen LogP) is 3.34. The lowest BCUT2D eigenvalue weighted by Gasteiger charge is -2.17. The maximum absolute atomic E-state index is 7.62. The highest BCUT2D eigenvalue weighted by molar-refractivity contribution is 5.86. The normalized spacial score (nSPS) is 17.2. The minimum atomic E-state index is 0.186. The van der Waals surface area contributed by atoms with Gasteiger partial charge in [-0.05, 0) is 38.0 Å². The Morgan fingerprint density at radius 3 is 2.94 bits per heavy atom. The number of allylic oxidation sites excluding steroid dienone is 2. The van der Waals surface area contributed by atoms with Crippen LogP contribution in [0.2, 0.25) is 0 Å². The van der Waals surface area contributed by atoms with Crippen LogP contribution in [0.4, 0.5) is 0 Å². The van der Waals surface area contributed by atoms with Crippen molar-refractivity contribution in [1.29, 1.82) is 5.41 Å². The third kappa shape index (κ3) is 4.86. The fourth-order valence-corrected chi connectivity index (χ4v) is 2.13. The van der Waals surface area contributed by atoms with Crippen molar-refractivity contribution in [2.24, 2.45) is 10.9 Å². The molecule has 0 amide bonds. The lowest BCUT2D eigenvalue weighted by atomic mass is 9.90. The SMILES string of the molecule is CCC/C(=C\NCC)CC(C=N)C1=CCCN=C1. The van der Waals surface area contributed by atoms with Crippen LogP contribution in [-0.2, 0) is 0 Å². The molecule has 3 nitrogen and oxygen atoms in total. The minimum Gasteiger partial charge on any atom is -0.391 e. The average molecular weight is 247 g/mol.